The molecular formula is C25H25ClN2O3S. The highest BCUT2D eigenvalue weighted by atomic mass is 35.5. The minimum atomic E-state index is -0.0532. The summed E-state index contributed by atoms with van der Waals surface area (Å²) in [7, 11) is 1.77. The highest BCUT2D eigenvalue weighted by molar-refractivity contribution is 7.17. The second-order valence-electron chi connectivity index (χ2n) is 8.10. The van der Waals surface area contributed by atoms with Crippen molar-refractivity contribution in [2.75, 3.05) is 44.9 Å². The van der Waals surface area contributed by atoms with E-state index < -0.39 is 0 Å². The lowest BCUT2D eigenvalue weighted by Gasteiger charge is -2.26. The maximum Gasteiger partial charge on any atom is 0.268 e. The van der Waals surface area contributed by atoms with Gasteiger partial charge in [0.2, 0.25) is 0 Å². The predicted octanol–water partition coefficient (Wildman–Crippen LogP) is 5.11. The molecule has 0 unspecified atom stereocenters. The van der Waals surface area contributed by atoms with E-state index in [0.717, 1.165) is 61.0 Å². The average Bonchev–Trinajstić information content (AvgIpc) is 3.16. The number of halogens is 1. The summed E-state index contributed by atoms with van der Waals surface area (Å²) < 4.78 is 11.6. The van der Waals surface area contributed by atoms with Gasteiger partial charge >= 0.3 is 0 Å². The second kappa shape index (κ2) is 9.24. The SMILES string of the molecule is CN(C(=O)c1cc2c(s1)-c1ccc(CN3CCOCC3)cc1OCC2)c1ccccc1Cl. The third kappa shape index (κ3) is 4.28. The van der Waals surface area contributed by atoms with Crippen molar-refractivity contribution in [2.45, 2.75) is 13.0 Å². The highest BCUT2D eigenvalue weighted by Crippen LogP contribution is 2.42. The van der Waals surface area contributed by atoms with E-state index in [1.165, 1.54) is 16.9 Å². The lowest BCUT2D eigenvalue weighted by atomic mass is 10.0. The molecule has 2 aliphatic heterocycles. The number of benzene rings is 2. The topological polar surface area (TPSA) is 42.0 Å². The Hall–Kier alpha value is -2.38. The summed E-state index contributed by atoms with van der Waals surface area (Å²) in [6, 6.07) is 15.9. The van der Waals surface area contributed by atoms with Crippen molar-refractivity contribution in [3.63, 3.8) is 0 Å². The number of morpholine rings is 1. The third-order valence-corrected chi connectivity index (χ3v) is 7.49. The number of para-hydroxylation sites is 1. The van der Waals surface area contributed by atoms with Gasteiger partial charge in [-0.25, -0.2) is 0 Å². The first-order valence-corrected chi connectivity index (χ1v) is 12.0. The molecule has 0 saturated carbocycles. The zero-order valence-corrected chi connectivity index (χ0v) is 19.5. The maximum absolute atomic E-state index is 13.2. The fourth-order valence-corrected chi connectivity index (χ4v) is 5.69. The number of hydrogen-bond acceptors (Lipinski definition) is 5. The van der Waals surface area contributed by atoms with Gasteiger partial charge in [-0.05, 0) is 41.5 Å². The van der Waals surface area contributed by atoms with Gasteiger partial charge < -0.3 is 14.4 Å². The number of carbonyl (C=O) groups is 1. The van der Waals surface area contributed by atoms with Crippen LogP contribution >= 0.6 is 22.9 Å². The molecule has 1 saturated heterocycles. The molecule has 0 bridgehead atoms. The first-order chi connectivity index (χ1) is 15.6. The Morgan fingerprint density at radius 2 is 1.94 bits per heavy atom. The second-order valence-corrected chi connectivity index (χ2v) is 9.56. The van der Waals surface area contributed by atoms with Crippen LogP contribution in [0.15, 0.2) is 48.5 Å². The molecule has 0 radical (unpaired) electrons. The summed E-state index contributed by atoms with van der Waals surface area (Å²) in [4.78, 5) is 19.1. The fraction of sp³-hybridized carbons (Fsp3) is 0.320. The van der Waals surface area contributed by atoms with Crippen LogP contribution in [0.4, 0.5) is 5.69 Å². The van der Waals surface area contributed by atoms with Gasteiger partial charge in [-0.15, -0.1) is 11.3 Å². The Bertz CT molecular complexity index is 1140. The molecule has 5 rings (SSSR count). The van der Waals surface area contributed by atoms with Gasteiger partial charge in [0.25, 0.3) is 5.91 Å². The Labute approximate surface area is 197 Å². The van der Waals surface area contributed by atoms with Gasteiger partial charge in [-0.3, -0.25) is 9.69 Å². The number of thiophene rings is 1. The van der Waals surface area contributed by atoms with Crippen LogP contribution in [0.5, 0.6) is 5.75 Å². The molecule has 3 aromatic rings. The zero-order chi connectivity index (χ0) is 22.1. The van der Waals surface area contributed by atoms with Gasteiger partial charge in [0.05, 0.1) is 35.4 Å². The summed E-state index contributed by atoms with van der Waals surface area (Å²) in [5.74, 6) is 0.845. The van der Waals surface area contributed by atoms with Crippen molar-refractivity contribution in [3.8, 4) is 16.2 Å². The van der Waals surface area contributed by atoms with E-state index in [4.69, 9.17) is 21.1 Å². The first-order valence-electron chi connectivity index (χ1n) is 10.8. The van der Waals surface area contributed by atoms with Crippen molar-refractivity contribution >= 4 is 34.5 Å². The predicted molar refractivity (Wildman–Crippen MR) is 129 cm³/mol. The van der Waals surface area contributed by atoms with Crippen LogP contribution in [0.1, 0.15) is 20.8 Å². The third-order valence-electron chi connectivity index (χ3n) is 5.97. The molecule has 3 heterocycles. The van der Waals surface area contributed by atoms with Gasteiger partial charge in [0, 0.05) is 43.5 Å². The van der Waals surface area contributed by atoms with E-state index in [1.54, 1.807) is 18.0 Å². The fourth-order valence-electron chi connectivity index (χ4n) is 4.21. The van der Waals surface area contributed by atoms with Crippen molar-refractivity contribution in [3.05, 3.63) is 69.6 Å². The highest BCUT2D eigenvalue weighted by Gasteiger charge is 2.24. The molecule has 7 heteroatoms. The zero-order valence-electron chi connectivity index (χ0n) is 18.0. The van der Waals surface area contributed by atoms with Gasteiger partial charge in [-0.2, -0.15) is 0 Å². The Kier molecular flexibility index (Phi) is 6.20. The number of fused-ring (bicyclic) bond motifs is 3. The van der Waals surface area contributed by atoms with Gasteiger partial charge in [0.15, 0.2) is 0 Å². The molecule has 166 valence electrons. The monoisotopic (exact) mass is 468 g/mol. The molecule has 32 heavy (non-hydrogen) atoms. The molecule has 0 atom stereocenters. The van der Waals surface area contributed by atoms with Crippen LogP contribution in [0.2, 0.25) is 5.02 Å². The van der Waals surface area contributed by atoms with E-state index in [9.17, 15) is 4.79 Å². The van der Waals surface area contributed by atoms with Crippen molar-refractivity contribution in [2.24, 2.45) is 0 Å². The minimum absolute atomic E-state index is 0.0532. The number of nitrogens with zero attached hydrogens (tertiary/aromatic N) is 2. The molecule has 1 amide bonds. The van der Waals surface area contributed by atoms with Crippen LogP contribution in [-0.2, 0) is 17.7 Å². The quantitative estimate of drug-likeness (QED) is 0.533. The van der Waals surface area contributed by atoms with Gasteiger partial charge in [-0.1, -0.05) is 29.8 Å². The molecule has 1 fully saturated rings. The minimum Gasteiger partial charge on any atom is -0.493 e. The first kappa shape index (κ1) is 21.5. The number of amides is 1. The number of hydrogen-bond donors (Lipinski definition) is 0. The number of rotatable bonds is 4. The Morgan fingerprint density at radius 3 is 2.75 bits per heavy atom. The molecule has 5 nitrogen and oxygen atoms in total. The molecular weight excluding hydrogens is 444 g/mol. The smallest absolute Gasteiger partial charge is 0.268 e. The van der Waals surface area contributed by atoms with E-state index in [-0.39, 0.29) is 5.91 Å². The van der Waals surface area contributed by atoms with Crippen LogP contribution in [0.3, 0.4) is 0 Å². The standard InChI is InChI=1S/C25H25ClN2O3S/c1-27(21-5-3-2-4-20(21)26)25(29)23-15-18-8-11-31-22-14-17(6-7-19(22)24(18)32-23)16-28-9-12-30-13-10-28/h2-7,14-15H,8-13,16H2,1H3. The Morgan fingerprint density at radius 1 is 1.12 bits per heavy atom. The summed E-state index contributed by atoms with van der Waals surface area (Å²) in [5, 5.41) is 0.563. The lowest BCUT2D eigenvalue weighted by molar-refractivity contribution is 0.0341. The average molecular weight is 469 g/mol. The number of ether oxygens (including phenoxy) is 2. The van der Waals surface area contributed by atoms with Crippen molar-refractivity contribution < 1.29 is 14.3 Å². The van der Waals surface area contributed by atoms with Crippen molar-refractivity contribution in [1.29, 1.82) is 0 Å². The molecule has 0 spiro atoms. The van der Waals surface area contributed by atoms with Crippen LogP contribution in [-0.4, -0.2) is 50.8 Å². The summed E-state index contributed by atoms with van der Waals surface area (Å²) in [6.45, 7) is 4.99. The van der Waals surface area contributed by atoms with E-state index in [1.807, 2.05) is 24.3 Å². The summed E-state index contributed by atoms with van der Waals surface area (Å²) in [6.07, 6.45) is 0.780. The molecule has 2 aliphatic rings. The van der Waals surface area contributed by atoms with Crippen LogP contribution in [0.25, 0.3) is 10.4 Å². The summed E-state index contributed by atoms with van der Waals surface area (Å²) in [5.41, 5.74) is 4.16. The lowest BCUT2D eigenvalue weighted by Crippen LogP contribution is -2.35. The maximum atomic E-state index is 13.2. The van der Waals surface area contributed by atoms with Crippen molar-refractivity contribution in [1.82, 2.24) is 4.90 Å². The summed E-state index contributed by atoms with van der Waals surface area (Å²) >= 11 is 7.84. The number of anilines is 1. The Balaban J connectivity index is 1.42. The largest absolute Gasteiger partial charge is 0.493 e. The van der Waals surface area contributed by atoms with Gasteiger partial charge in [0.1, 0.15) is 5.75 Å². The molecule has 2 aromatic carbocycles. The van der Waals surface area contributed by atoms with Crippen LogP contribution in [0, 0.1) is 0 Å². The molecule has 0 aliphatic carbocycles. The van der Waals surface area contributed by atoms with Crippen LogP contribution < -0.4 is 9.64 Å². The van der Waals surface area contributed by atoms with E-state index in [0.29, 0.717) is 22.2 Å². The normalized spacial score (nSPS) is 15.9. The molecule has 1 aromatic heterocycles. The molecule has 0 N–H and O–H groups in total. The van der Waals surface area contributed by atoms with E-state index >= 15 is 0 Å². The number of carbonyl (C=O) groups excluding carboxylic acids is 1. The van der Waals surface area contributed by atoms with E-state index in [2.05, 4.69) is 23.1 Å².